The molecule has 3 aromatic rings. The maximum atomic E-state index is 12.8. The van der Waals surface area contributed by atoms with E-state index in [1.54, 1.807) is 31.2 Å². The molecular formula is C25H24N2O4S. The van der Waals surface area contributed by atoms with Crippen molar-refractivity contribution in [3.05, 3.63) is 71.1 Å². The molecule has 4 rings (SSSR count). The summed E-state index contributed by atoms with van der Waals surface area (Å²) in [5, 5.41) is 2.47. The van der Waals surface area contributed by atoms with Crippen LogP contribution in [0.25, 0.3) is 11.3 Å². The van der Waals surface area contributed by atoms with Crippen molar-refractivity contribution in [2.45, 2.75) is 32.8 Å². The third-order valence-corrected chi connectivity index (χ3v) is 6.37. The monoisotopic (exact) mass is 448 g/mol. The molecule has 164 valence electrons. The van der Waals surface area contributed by atoms with E-state index < -0.39 is 18.0 Å². The average Bonchev–Trinajstić information content (AvgIpc) is 3.45. The van der Waals surface area contributed by atoms with Crippen LogP contribution < -0.4 is 4.90 Å². The number of ether oxygens (including phenoxy) is 1. The minimum Gasteiger partial charge on any atom is -0.454 e. The number of esters is 1. The van der Waals surface area contributed by atoms with Crippen molar-refractivity contribution in [1.82, 2.24) is 4.98 Å². The van der Waals surface area contributed by atoms with E-state index >= 15 is 0 Å². The summed E-state index contributed by atoms with van der Waals surface area (Å²) < 4.78 is 5.53. The van der Waals surface area contributed by atoms with Gasteiger partial charge in [0.05, 0.1) is 11.6 Å². The summed E-state index contributed by atoms with van der Waals surface area (Å²) in [6.07, 6.45) is -0.438. The number of thiazole rings is 1. The summed E-state index contributed by atoms with van der Waals surface area (Å²) in [7, 11) is 0. The topological polar surface area (TPSA) is 76.6 Å². The Morgan fingerprint density at radius 1 is 1.16 bits per heavy atom. The molecule has 0 spiro atoms. The number of amides is 1. The van der Waals surface area contributed by atoms with Crippen LogP contribution in [0.1, 0.15) is 35.7 Å². The zero-order valence-electron chi connectivity index (χ0n) is 18.0. The minimum absolute atomic E-state index is 0.0498. The highest BCUT2D eigenvalue weighted by molar-refractivity contribution is 7.14. The summed E-state index contributed by atoms with van der Waals surface area (Å²) in [4.78, 5) is 44.2. The molecule has 0 N–H and O–H groups in total. The van der Waals surface area contributed by atoms with Crippen LogP contribution in [0.3, 0.4) is 0 Å². The molecule has 0 unspecified atom stereocenters. The predicted molar refractivity (Wildman–Crippen MR) is 124 cm³/mol. The van der Waals surface area contributed by atoms with Gasteiger partial charge >= 0.3 is 5.97 Å². The van der Waals surface area contributed by atoms with Gasteiger partial charge in [0.15, 0.2) is 11.2 Å². The van der Waals surface area contributed by atoms with Crippen molar-refractivity contribution in [2.75, 3.05) is 11.4 Å². The highest BCUT2D eigenvalue weighted by Gasteiger charge is 2.39. The molecule has 32 heavy (non-hydrogen) atoms. The van der Waals surface area contributed by atoms with Crippen LogP contribution in [-0.4, -0.2) is 35.3 Å². The third-order valence-electron chi connectivity index (χ3n) is 5.51. The van der Waals surface area contributed by atoms with Crippen LogP contribution in [0.4, 0.5) is 5.13 Å². The van der Waals surface area contributed by atoms with E-state index in [2.05, 4.69) is 4.98 Å². The SMILES string of the molecule is CC[C@@H](OC(=O)[C@@H]1CC(=O)N(c2nc(-c3ccc(C)cc3)cs2)C1)C(=O)c1ccccc1. The Bertz CT molecular complexity index is 1120. The first-order valence-corrected chi connectivity index (χ1v) is 11.5. The second kappa shape index (κ2) is 9.44. The highest BCUT2D eigenvalue weighted by Crippen LogP contribution is 2.32. The Hall–Kier alpha value is -3.32. The lowest BCUT2D eigenvalue weighted by molar-refractivity contribution is -0.151. The minimum atomic E-state index is -0.859. The standard InChI is InChI=1S/C25H24N2O4S/c1-3-21(23(29)18-7-5-4-6-8-18)31-24(30)19-13-22(28)27(14-19)25-26-20(15-32-25)17-11-9-16(2)10-12-17/h4-12,15,19,21H,3,13-14H2,1-2H3/t19-,21-/m1/s1. The molecule has 2 aromatic carbocycles. The summed E-state index contributed by atoms with van der Waals surface area (Å²) in [6, 6.07) is 16.8. The number of aryl methyl sites for hydroxylation is 1. The fraction of sp³-hybridized carbons (Fsp3) is 0.280. The lowest BCUT2D eigenvalue weighted by Crippen LogP contribution is -2.31. The molecule has 1 fully saturated rings. The second-order valence-corrected chi connectivity index (χ2v) is 8.69. The molecule has 1 aliphatic rings. The predicted octanol–water partition coefficient (Wildman–Crippen LogP) is 4.68. The quantitative estimate of drug-likeness (QED) is 0.388. The second-order valence-electron chi connectivity index (χ2n) is 7.85. The number of nitrogens with zero attached hydrogens (tertiary/aromatic N) is 2. The largest absolute Gasteiger partial charge is 0.454 e. The van der Waals surface area contributed by atoms with Gasteiger partial charge in [0.2, 0.25) is 11.7 Å². The molecule has 0 radical (unpaired) electrons. The summed E-state index contributed by atoms with van der Waals surface area (Å²) in [5.41, 5.74) is 3.44. The molecule has 6 nitrogen and oxygen atoms in total. The zero-order valence-corrected chi connectivity index (χ0v) is 18.8. The molecule has 7 heteroatoms. The fourth-order valence-electron chi connectivity index (χ4n) is 3.64. The highest BCUT2D eigenvalue weighted by atomic mass is 32.1. The average molecular weight is 449 g/mol. The van der Waals surface area contributed by atoms with Crippen molar-refractivity contribution in [2.24, 2.45) is 5.92 Å². The zero-order chi connectivity index (χ0) is 22.7. The molecule has 1 aromatic heterocycles. The smallest absolute Gasteiger partial charge is 0.312 e. The summed E-state index contributed by atoms with van der Waals surface area (Å²) in [5.74, 6) is -1.54. The molecule has 2 atom stereocenters. The van der Waals surface area contributed by atoms with E-state index in [0.717, 1.165) is 16.8 Å². The van der Waals surface area contributed by atoms with Gasteiger partial charge in [-0.2, -0.15) is 0 Å². The van der Waals surface area contributed by atoms with E-state index in [-0.39, 0.29) is 24.7 Å². The number of carbonyl (C=O) groups excluding carboxylic acids is 3. The molecule has 2 heterocycles. The van der Waals surface area contributed by atoms with Gasteiger partial charge in [-0.3, -0.25) is 19.3 Å². The van der Waals surface area contributed by atoms with Gasteiger partial charge in [0.25, 0.3) is 0 Å². The Labute approximate surface area is 190 Å². The van der Waals surface area contributed by atoms with Gasteiger partial charge in [-0.1, -0.05) is 67.1 Å². The first kappa shape index (κ1) is 21.9. The van der Waals surface area contributed by atoms with Crippen LogP contribution in [0.15, 0.2) is 60.0 Å². The number of benzene rings is 2. The van der Waals surface area contributed by atoms with Crippen molar-refractivity contribution < 1.29 is 19.1 Å². The van der Waals surface area contributed by atoms with E-state index in [0.29, 0.717) is 17.1 Å². The summed E-state index contributed by atoms with van der Waals surface area (Å²) in [6.45, 7) is 4.02. The number of hydrogen-bond acceptors (Lipinski definition) is 6. The van der Waals surface area contributed by atoms with Crippen molar-refractivity contribution in [3.8, 4) is 11.3 Å². The Morgan fingerprint density at radius 2 is 1.88 bits per heavy atom. The fourth-order valence-corrected chi connectivity index (χ4v) is 4.50. The van der Waals surface area contributed by atoms with E-state index in [4.69, 9.17) is 4.74 Å². The number of rotatable bonds is 7. The Kier molecular flexibility index (Phi) is 6.46. The number of carbonyl (C=O) groups is 3. The molecule has 0 saturated carbocycles. The molecule has 0 aliphatic carbocycles. The number of hydrogen-bond donors (Lipinski definition) is 0. The maximum Gasteiger partial charge on any atom is 0.312 e. The van der Waals surface area contributed by atoms with Gasteiger partial charge in [-0.05, 0) is 13.3 Å². The van der Waals surface area contributed by atoms with E-state index in [1.807, 2.05) is 42.6 Å². The Balaban J connectivity index is 1.42. The van der Waals surface area contributed by atoms with Crippen LogP contribution in [0, 0.1) is 12.8 Å². The Morgan fingerprint density at radius 3 is 2.56 bits per heavy atom. The number of ketones is 1. The lowest BCUT2D eigenvalue weighted by atomic mass is 10.0. The maximum absolute atomic E-state index is 12.8. The van der Waals surface area contributed by atoms with Gasteiger partial charge < -0.3 is 4.74 Å². The molecule has 1 amide bonds. The lowest BCUT2D eigenvalue weighted by Gasteiger charge is -2.18. The van der Waals surface area contributed by atoms with Crippen molar-refractivity contribution in [3.63, 3.8) is 0 Å². The number of anilines is 1. The van der Waals surface area contributed by atoms with Crippen LogP contribution in [-0.2, 0) is 14.3 Å². The van der Waals surface area contributed by atoms with Crippen molar-refractivity contribution in [1.29, 1.82) is 0 Å². The molecular weight excluding hydrogens is 424 g/mol. The van der Waals surface area contributed by atoms with Gasteiger partial charge in [0.1, 0.15) is 0 Å². The molecule has 1 aliphatic heterocycles. The normalized spacial score (nSPS) is 16.8. The van der Waals surface area contributed by atoms with E-state index in [1.165, 1.54) is 16.2 Å². The first-order valence-electron chi connectivity index (χ1n) is 10.6. The van der Waals surface area contributed by atoms with Crippen LogP contribution in [0.5, 0.6) is 0 Å². The molecule has 0 bridgehead atoms. The van der Waals surface area contributed by atoms with Crippen LogP contribution >= 0.6 is 11.3 Å². The summed E-state index contributed by atoms with van der Waals surface area (Å²) >= 11 is 1.37. The van der Waals surface area contributed by atoms with Crippen molar-refractivity contribution >= 4 is 34.1 Å². The van der Waals surface area contributed by atoms with Gasteiger partial charge in [-0.15, -0.1) is 11.3 Å². The number of Topliss-reactive ketones (excluding diaryl/α,β-unsaturated/α-hetero) is 1. The van der Waals surface area contributed by atoms with E-state index in [9.17, 15) is 14.4 Å². The first-order chi connectivity index (χ1) is 15.5. The third kappa shape index (κ3) is 4.62. The van der Waals surface area contributed by atoms with Crippen LogP contribution in [0.2, 0.25) is 0 Å². The molecule has 1 saturated heterocycles. The number of aromatic nitrogens is 1. The van der Waals surface area contributed by atoms with Gasteiger partial charge in [-0.25, -0.2) is 4.98 Å². The van der Waals surface area contributed by atoms with Gasteiger partial charge in [0, 0.05) is 29.5 Å².